The number of piperidine rings is 1. The van der Waals surface area contributed by atoms with Crippen LogP contribution in [0.25, 0.3) is 0 Å². The third-order valence-electron chi connectivity index (χ3n) is 10.0. The number of benzene rings is 2. The van der Waals surface area contributed by atoms with E-state index in [2.05, 4.69) is 40.4 Å². The van der Waals surface area contributed by atoms with Gasteiger partial charge in [-0.25, -0.2) is 0 Å². The largest absolute Gasteiger partial charge is 0.491 e. The molecule has 1 saturated heterocycles. The van der Waals surface area contributed by atoms with E-state index in [1.165, 1.54) is 6.92 Å². The van der Waals surface area contributed by atoms with Crippen LogP contribution in [0, 0.1) is 5.92 Å². The van der Waals surface area contributed by atoms with Crippen molar-refractivity contribution in [2.45, 2.75) is 115 Å². The van der Waals surface area contributed by atoms with Gasteiger partial charge < -0.3 is 36.2 Å². The third kappa shape index (κ3) is 11.5. The molecule has 13 nitrogen and oxygen atoms in total. The van der Waals surface area contributed by atoms with Crippen molar-refractivity contribution in [3.8, 4) is 5.75 Å². The third-order valence-corrected chi connectivity index (χ3v) is 10.0. The SMILES string of the molecule is CC(C)C[C@H]1COc2ccc(cc2)C[C@H](NC(=O)CCCN2CCCCC2=O)C(=O)N[C@H](C)C(=O)NC2(CC2)C(=O)N[C@H](Cc2ccccc2)C(=O)N1. The molecular formula is C40H54N6O7. The van der Waals surface area contributed by atoms with Gasteiger partial charge in [0.05, 0.1) is 6.04 Å². The Hall–Kier alpha value is -4.94. The van der Waals surface area contributed by atoms with Crippen molar-refractivity contribution in [1.29, 1.82) is 0 Å². The molecule has 286 valence electrons. The van der Waals surface area contributed by atoms with E-state index in [1.54, 1.807) is 17.0 Å². The number of nitrogens with zero attached hydrogens (tertiary/aromatic N) is 1. The molecule has 1 saturated carbocycles. The number of fused-ring (bicyclic) bond motifs is 15. The Balaban J connectivity index is 1.34. The highest BCUT2D eigenvalue weighted by atomic mass is 16.5. The molecule has 4 aliphatic rings. The lowest BCUT2D eigenvalue weighted by atomic mass is 10.0. The van der Waals surface area contributed by atoms with Crippen LogP contribution in [0.1, 0.15) is 83.3 Å². The molecule has 0 radical (unpaired) electrons. The summed E-state index contributed by atoms with van der Waals surface area (Å²) in [6, 6.07) is 13.3. The number of ether oxygens (including phenoxy) is 1. The highest BCUT2D eigenvalue weighted by Gasteiger charge is 2.52. The van der Waals surface area contributed by atoms with E-state index in [0.29, 0.717) is 50.9 Å². The number of rotatable bonds is 9. The first-order chi connectivity index (χ1) is 25.4. The van der Waals surface area contributed by atoms with E-state index < -0.39 is 41.4 Å². The maximum Gasteiger partial charge on any atom is 0.246 e. The molecule has 2 bridgehead atoms. The molecule has 2 fully saturated rings. The van der Waals surface area contributed by atoms with Crippen LogP contribution >= 0.6 is 0 Å². The second-order valence-corrected chi connectivity index (χ2v) is 15.1. The number of hydrogen-bond acceptors (Lipinski definition) is 7. The number of carbonyl (C=O) groups excluding carboxylic acids is 6. The predicted molar refractivity (Wildman–Crippen MR) is 198 cm³/mol. The van der Waals surface area contributed by atoms with E-state index >= 15 is 0 Å². The summed E-state index contributed by atoms with van der Waals surface area (Å²) in [6.07, 6.45) is 4.75. The Morgan fingerprint density at radius 2 is 1.66 bits per heavy atom. The zero-order valence-corrected chi connectivity index (χ0v) is 31.1. The maximum absolute atomic E-state index is 13.8. The predicted octanol–water partition coefficient (Wildman–Crippen LogP) is 2.31. The fourth-order valence-electron chi connectivity index (χ4n) is 6.81. The van der Waals surface area contributed by atoms with Crippen LogP contribution in [0.5, 0.6) is 5.75 Å². The van der Waals surface area contributed by atoms with E-state index in [9.17, 15) is 28.8 Å². The molecular weight excluding hydrogens is 676 g/mol. The number of nitrogens with one attached hydrogen (secondary N) is 5. The minimum atomic E-state index is -1.21. The summed E-state index contributed by atoms with van der Waals surface area (Å²) in [7, 11) is 0. The lowest BCUT2D eigenvalue weighted by Gasteiger charge is -2.27. The van der Waals surface area contributed by atoms with Gasteiger partial charge in [-0.15, -0.1) is 0 Å². The molecule has 3 heterocycles. The molecule has 0 aromatic heterocycles. The van der Waals surface area contributed by atoms with Crippen LogP contribution in [-0.2, 0) is 41.6 Å². The van der Waals surface area contributed by atoms with Crippen molar-refractivity contribution < 1.29 is 33.5 Å². The second-order valence-electron chi connectivity index (χ2n) is 15.1. The number of amides is 6. The van der Waals surface area contributed by atoms with Crippen molar-refractivity contribution in [3.05, 3.63) is 65.7 Å². The zero-order chi connectivity index (χ0) is 38.0. The first-order valence-electron chi connectivity index (χ1n) is 19.0. The lowest BCUT2D eigenvalue weighted by molar-refractivity contribution is -0.135. The number of carbonyl (C=O) groups is 6. The van der Waals surface area contributed by atoms with Gasteiger partial charge >= 0.3 is 0 Å². The van der Waals surface area contributed by atoms with Crippen LogP contribution < -0.4 is 31.3 Å². The van der Waals surface area contributed by atoms with Crippen molar-refractivity contribution in [2.24, 2.45) is 5.92 Å². The first kappa shape index (κ1) is 39.3. The van der Waals surface area contributed by atoms with Gasteiger partial charge in [-0.1, -0.05) is 56.3 Å². The van der Waals surface area contributed by atoms with Crippen LogP contribution in [0.15, 0.2) is 54.6 Å². The molecule has 2 aromatic rings. The van der Waals surface area contributed by atoms with Gasteiger partial charge in [0, 0.05) is 38.8 Å². The summed E-state index contributed by atoms with van der Waals surface area (Å²) in [5, 5.41) is 14.4. The van der Waals surface area contributed by atoms with Crippen LogP contribution in [0.4, 0.5) is 0 Å². The Kier molecular flexibility index (Phi) is 13.5. The molecule has 6 rings (SSSR count). The Bertz CT molecular complexity index is 1610. The normalized spacial score (nSPS) is 24.1. The molecule has 6 amide bonds. The smallest absolute Gasteiger partial charge is 0.246 e. The molecule has 3 aliphatic heterocycles. The standard InChI is InChI=1S/C40H54N6O7/c1-26(2)22-30-25-53-31-16-14-29(15-17-31)24-32(43-34(47)12-9-21-46-20-8-7-13-35(46)48)37(50)41-27(3)36(49)45-40(18-19-40)39(52)44-33(38(51)42-30)23-28-10-5-4-6-11-28/h4-6,10-11,14-17,26-27,30,32-33H,7-9,12-13,18-25H2,1-3H3,(H,41,50)(H,42,51)(H,43,47)(H,44,52)(H,45,49)/t27-,30+,32+,33-/m1/s1. The highest BCUT2D eigenvalue weighted by Crippen LogP contribution is 2.36. The van der Waals surface area contributed by atoms with Gasteiger partial charge in [-0.3, -0.25) is 28.8 Å². The van der Waals surface area contributed by atoms with Crippen molar-refractivity contribution in [1.82, 2.24) is 31.5 Å². The molecule has 1 aliphatic carbocycles. The van der Waals surface area contributed by atoms with E-state index in [0.717, 1.165) is 24.0 Å². The molecule has 53 heavy (non-hydrogen) atoms. The Morgan fingerprint density at radius 1 is 0.925 bits per heavy atom. The molecule has 4 atom stereocenters. The number of hydrogen-bond donors (Lipinski definition) is 5. The van der Waals surface area contributed by atoms with Crippen LogP contribution in [0.2, 0.25) is 0 Å². The topological polar surface area (TPSA) is 175 Å². The number of likely N-dealkylation sites (tertiary alicyclic amines) is 1. The lowest BCUT2D eigenvalue weighted by Crippen LogP contribution is -2.59. The fourth-order valence-corrected chi connectivity index (χ4v) is 6.81. The van der Waals surface area contributed by atoms with E-state index in [-0.39, 0.29) is 55.6 Å². The van der Waals surface area contributed by atoms with Gasteiger partial charge in [0.2, 0.25) is 35.4 Å². The van der Waals surface area contributed by atoms with Crippen molar-refractivity contribution >= 4 is 35.4 Å². The molecule has 13 heteroatoms. The van der Waals surface area contributed by atoms with Crippen LogP contribution in [-0.4, -0.2) is 89.7 Å². The highest BCUT2D eigenvalue weighted by molar-refractivity contribution is 5.99. The zero-order valence-electron chi connectivity index (χ0n) is 31.1. The van der Waals surface area contributed by atoms with Gasteiger partial charge in [-0.05, 0) is 74.6 Å². The molecule has 2 aromatic carbocycles. The summed E-state index contributed by atoms with van der Waals surface area (Å²) >= 11 is 0. The first-order valence-corrected chi connectivity index (χ1v) is 19.0. The monoisotopic (exact) mass is 730 g/mol. The van der Waals surface area contributed by atoms with Crippen molar-refractivity contribution in [2.75, 3.05) is 19.7 Å². The van der Waals surface area contributed by atoms with Gasteiger partial charge in [0.1, 0.15) is 36.0 Å². The summed E-state index contributed by atoms with van der Waals surface area (Å²) in [4.78, 5) is 81.8. The van der Waals surface area contributed by atoms with E-state index in [1.807, 2.05) is 42.5 Å². The summed E-state index contributed by atoms with van der Waals surface area (Å²) in [5.74, 6) is -1.34. The fraction of sp³-hybridized carbons (Fsp3) is 0.550. The molecule has 0 unspecified atom stereocenters. The van der Waals surface area contributed by atoms with E-state index in [4.69, 9.17) is 4.74 Å². The van der Waals surface area contributed by atoms with Gasteiger partial charge in [-0.2, -0.15) is 0 Å². The summed E-state index contributed by atoms with van der Waals surface area (Å²) in [5.41, 5.74) is 0.410. The summed E-state index contributed by atoms with van der Waals surface area (Å²) < 4.78 is 6.13. The second kappa shape index (κ2) is 18.2. The minimum Gasteiger partial charge on any atom is -0.491 e. The van der Waals surface area contributed by atoms with Gasteiger partial charge in [0.25, 0.3) is 0 Å². The average molecular weight is 731 g/mol. The Morgan fingerprint density at radius 3 is 2.34 bits per heavy atom. The quantitative estimate of drug-likeness (QED) is 0.246. The maximum atomic E-state index is 13.8. The minimum absolute atomic E-state index is 0.100. The Labute approximate surface area is 311 Å². The summed E-state index contributed by atoms with van der Waals surface area (Å²) in [6.45, 7) is 7.00. The molecule has 5 N–H and O–H groups in total. The van der Waals surface area contributed by atoms with Gasteiger partial charge in [0.15, 0.2) is 0 Å². The average Bonchev–Trinajstić information content (AvgIpc) is 3.91. The van der Waals surface area contributed by atoms with Crippen LogP contribution in [0.3, 0.4) is 0 Å². The molecule has 1 spiro atoms. The van der Waals surface area contributed by atoms with Crippen molar-refractivity contribution in [3.63, 3.8) is 0 Å².